The third kappa shape index (κ3) is 5.02. The molecule has 1 fully saturated rings. The molecular formula is C23H29NO. The van der Waals surface area contributed by atoms with Gasteiger partial charge in [0.15, 0.2) is 5.78 Å². The van der Waals surface area contributed by atoms with Crippen LogP contribution >= 0.6 is 0 Å². The van der Waals surface area contributed by atoms with Crippen molar-refractivity contribution < 1.29 is 4.79 Å². The van der Waals surface area contributed by atoms with E-state index in [0.29, 0.717) is 6.04 Å². The van der Waals surface area contributed by atoms with Gasteiger partial charge in [-0.25, -0.2) is 0 Å². The fourth-order valence-corrected chi connectivity index (χ4v) is 3.66. The summed E-state index contributed by atoms with van der Waals surface area (Å²) in [4.78, 5) is 13.1. The normalized spacial score (nSPS) is 16.6. The van der Waals surface area contributed by atoms with Crippen molar-refractivity contribution in [2.24, 2.45) is 0 Å². The number of benzene rings is 2. The van der Waals surface area contributed by atoms with E-state index >= 15 is 0 Å². The van der Waals surface area contributed by atoms with E-state index in [0.717, 1.165) is 12.0 Å². The standard InChI is InChI=1S/C23H29NO/c1-17-8-12-19(13-9-17)16-22(24-21-6-4-3-5-7-21)23(25)20-14-10-18(2)11-15-20/h8-15,21-22,24H,3-7,16H2,1-2H3. The fraction of sp³-hybridized carbons (Fsp3) is 0.435. The molecule has 1 atom stereocenters. The van der Waals surface area contributed by atoms with Gasteiger partial charge in [-0.3, -0.25) is 4.79 Å². The minimum Gasteiger partial charge on any atom is -0.304 e. The van der Waals surface area contributed by atoms with Crippen LogP contribution in [0.1, 0.15) is 59.2 Å². The highest BCUT2D eigenvalue weighted by molar-refractivity contribution is 6.00. The Hall–Kier alpha value is -1.93. The van der Waals surface area contributed by atoms with E-state index in [9.17, 15) is 4.79 Å². The lowest BCUT2D eigenvalue weighted by molar-refractivity contribution is 0.0930. The molecule has 2 heteroatoms. The Morgan fingerprint density at radius 1 is 0.920 bits per heavy atom. The summed E-state index contributed by atoms with van der Waals surface area (Å²) in [7, 11) is 0. The van der Waals surface area contributed by atoms with Crippen LogP contribution in [0.2, 0.25) is 0 Å². The van der Waals surface area contributed by atoms with Crippen LogP contribution < -0.4 is 5.32 Å². The highest BCUT2D eigenvalue weighted by Gasteiger charge is 2.24. The molecule has 0 aromatic heterocycles. The van der Waals surface area contributed by atoms with Gasteiger partial charge in [0.1, 0.15) is 0 Å². The quantitative estimate of drug-likeness (QED) is 0.751. The molecule has 1 unspecified atom stereocenters. The van der Waals surface area contributed by atoms with Gasteiger partial charge in [-0.15, -0.1) is 0 Å². The van der Waals surface area contributed by atoms with Gasteiger partial charge in [-0.2, -0.15) is 0 Å². The molecule has 0 bridgehead atoms. The van der Waals surface area contributed by atoms with Gasteiger partial charge in [0.05, 0.1) is 6.04 Å². The Morgan fingerprint density at radius 2 is 1.48 bits per heavy atom. The van der Waals surface area contributed by atoms with Gasteiger partial charge in [-0.1, -0.05) is 78.9 Å². The number of nitrogens with one attached hydrogen (secondary N) is 1. The minimum atomic E-state index is -0.145. The highest BCUT2D eigenvalue weighted by atomic mass is 16.1. The third-order valence-electron chi connectivity index (χ3n) is 5.26. The first kappa shape index (κ1) is 17.9. The summed E-state index contributed by atoms with van der Waals surface area (Å²) in [6.07, 6.45) is 6.99. The molecule has 0 saturated heterocycles. The number of aryl methyl sites for hydroxylation is 2. The molecule has 1 aliphatic rings. The average Bonchev–Trinajstić information content (AvgIpc) is 2.64. The zero-order chi connectivity index (χ0) is 17.6. The maximum Gasteiger partial charge on any atom is 0.180 e. The molecule has 3 rings (SSSR count). The molecule has 0 spiro atoms. The number of hydrogen-bond acceptors (Lipinski definition) is 2. The van der Waals surface area contributed by atoms with E-state index in [1.54, 1.807) is 0 Å². The molecule has 1 N–H and O–H groups in total. The van der Waals surface area contributed by atoms with Crippen LogP contribution in [0, 0.1) is 13.8 Å². The van der Waals surface area contributed by atoms with Gasteiger partial charge in [0, 0.05) is 11.6 Å². The first-order valence-corrected chi connectivity index (χ1v) is 9.54. The first-order chi connectivity index (χ1) is 12.1. The van der Waals surface area contributed by atoms with Crippen molar-refractivity contribution in [3.05, 3.63) is 70.8 Å². The second kappa shape index (κ2) is 8.44. The molecule has 2 aromatic carbocycles. The van der Waals surface area contributed by atoms with Crippen LogP contribution in [-0.4, -0.2) is 17.9 Å². The smallest absolute Gasteiger partial charge is 0.180 e. The summed E-state index contributed by atoms with van der Waals surface area (Å²) in [6.45, 7) is 4.15. The summed E-state index contributed by atoms with van der Waals surface area (Å²) in [5.41, 5.74) is 4.47. The van der Waals surface area contributed by atoms with E-state index < -0.39 is 0 Å². The third-order valence-corrected chi connectivity index (χ3v) is 5.26. The maximum atomic E-state index is 13.1. The number of rotatable bonds is 6. The lowest BCUT2D eigenvalue weighted by Gasteiger charge is -2.28. The lowest BCUT2D eigenvalue weighted by atomic mass is 9.91. The van der Waals surface area contributed by atoms with Crippen LogP contribution in [-0.2, 0) is 6.42 Å². The van der Waals surface area contributed by atoms with Crippen LogP contribution in [0.4, 0.5) is 0 Å². The van der Waals surface area contributed by atoms with Crippen LogP contribution in [0.25, 0.3) is 0 Å². The van der Waals surface area contributed by atoms with E-state index in [1.807, 2.05) is 24.3 Å². The second-order valence-electron chi connectivity index (χ2n) is 7.47. The Bertz CT molecular complexity index is 681. The highest BCUT2D eigenvalue weighted by Crippen LogP contribution is 2.20. The predicted molar refractivity (Wildman–Crippen MR) is 104 cm³/mol. The molecule has 0 amide bonds. The molecule has 1 saturated carbocycles. The van der Waals surface area contributed by atoms with Gasteiger partial charge in [0.25, 0.3) is 0 Å². The molecule has 132 valence electrons. The number of hydrogen-bond donors (Lipinski definition) is 1. The Morgan fingerprint density at radius 3 is 2.08 bits per heavy atom. The molecule has 25 heavy (non-hydrogen) atoms. The number of ketones is 1. The number of Topliss-reactive ketones (excluding diaryl/α,β-unsaturated/α-hetero) is 1. The van der Waals surface area contributed by atoms with Gasteiger partial charge < -0.3 is 5.32 Å². The molecule has 0 aliphatic heterocycles. The molecule has 1 aliphatic carbocycles. The van der Waals surface area contributed by atoms with E-state index in [1.165, 1.54) is 48.8 Å². The Balaban J connectivity index is 1.78. The zero-order valence-corrected chi connectivity index (χ0v) is 15.4. The maximum absolute atomic E-state index is 13.1. The Kier molecular flexibility index (Phi) is 6.04. The monoisotopic (exact) mass is 335 g/mol. The van der Waals surface area contributed by atoms with Crippen molar-refractivity contribution in [2.45, 2.75) is 64.5 Å². The largest absolute Gasteiger partial charge is 0.304 e. The molecule has 2 nitrogen and oxygen atoms in total. The van der Waals surface area contributed by atoms with Gasteiger partial charge in [0.2, 0.25) is 0 Å². The van der Waals surface area contributed by atoms with E-state index in [-0.39, 0.29) is 11.8 Å². The van der Waals surface area contributed by atoms with Crippen LogP contribution in [0.5, 0.6) is 0 Å². The zero-order valence-electron chi connectivity index (χ0n) is 15.4. The van der Waals surface area contributed by atoms with Crippen LogP contribution in [0.15, 0.2) is 48.5 Å². The van der Waals surface area contributed by atoms with E-state index in [4.69, 9.17) is 0 Å². The predicted octanol–water partition coefficient (Wildman–Crippen LogP) is 5.02. The summed E-state index contributed by atoms with van der Waals surface area (Å²) < 4.78 is 0. The van der Waals surface area contributed by atoms with Crippen molar-refractivity contribution >= 4 is 5.78 Å². The number of carbonyl (C=O) groups is 1. The minimum absolute atomic E-state index is 0.145. The van der Waals surface area contributed by atoms with Crippen LogP contribution in [0.3, 0.4) is 0 Å². The summed E-state index contributed by atoms with van der Waals surface area (Å²) >= 11 is 0. The van der Waals surface area contributed by atoms with Gasteiger partial charge in [-0.05, 0) is 38.7 Å². The molecule has 0 heterocycles. The van der Waals surface area contributed by atoms with Crippen molar-refractivity contribution in [1.82, 2.24) is 5.32 Å². The average molecular weight is 335 g/mol. The van der Waals surface area contributed by atoms with Crippen molar-refractivity contribution in [3.8, 4) is 0 Å². The SMILES string of the molecule is Cc1ccc(CC(NC2CCCCC2)C(=O)c2ccc(C)cc2)cc1. The van der Waals surface area contributed by atoms with Gasteiger partial charge >= 0.3 is 0 Å². The number of carbonyl (C=O) groups excluding carboxylic acids is 1. The summed E-state index contributed by atoms with van der Waals surface area (Å²) in [6, 6.07) is 16.8. The molecule has 2 aromatic rings. The fourth-order valence-electron chi connectivity index (χ4n) is 3.66. The van der Waals surface area contributed by atoms with Crippen molar-refractivity contribution in [1.29, 1.82) is 0 Å². The first-order valence-electron chi connectivity index (χ1n) is 9.54. The summed E-state index contributed by atoms with van der Waals surface area (Å²) in [5.74, 6) is 0.214. The van der Waals surface area contributed by atoms with Crippen molar-refractivity contribution in [2.75, 3.05) is 0 Å². The molecular weight excluding hydrogens is 306 g/mol. The van der Waals surface area contributed by atoms with Crippen molar-refractivity contribution in [3.63, 3.8) is 0 Å². The Labute approximate surface area is 151 Å². The lowest BCUT2D eigenvalue weighted by Crippen LogP contribution is -2.45. The van der Waals surface area contributed by atoms with E-state index in [2.05, 4.69) is 43.4 Å². The second-order valence-corrected chi connectivity index (χ2v) is 7.47. The summed E-state index contributed by atoms with van der Waals surface area (Å²) in [5, 5.41) is 3.68. The molecule has 0 radical (unpaired) electrons. The topological polar surface area (TPSA) is 29.1 Å².